The van der Waals surface area contributed by atoms with Gasteiger partial charge in [-0.3, -0.25) is 4.98 Å². The number of hydrogen-bond acceptors (Lipinski definition) is 2. The molecule has 0 spiro atoms. The fourth-order valence-corrected chi connectivity index (χ4v) is 1.98. The number of nitrogens with two attached hydrogens (primary N) is 1. The van der Waals surface area contributed by atoms with Crippen LogP contribution in [0.15, 0.2) is 36.7 Å². The van der Waals surface area contributed by atoms with Gasteiger partial charge in [-0.25, -0.2) is 4.39 Å². The van der Waals surface area contributed by atoms with Crippen LogP contribution in [0.5, 0.6) is 0 Å². The third-order valence-corrected chi connectivity index (χ3v) is 3.08. The molecule has 1 heterocycles. The van der Waals surface area contributed by atoms with Crippen LogP contribution < -0.4 is 5.73 Å². The number of aromatic nitrogens is 1. The molecule has 0 aliphatic carbocycles. The van der Waals surface area contributed by atoms with E-state index in [0.29, 0.717) is 11.6 Å². The molecule has 1 unspecified atom stereocenters. The summed E-state index contributed by atoms with van der Waals surface area (Å²) in [5, 5.41) is 0. The van der Waals surface area contributed by atoms with Crippen LogP contribution in [0, 0.1) is 12.7 Å². The van der Waals surface area contributed by atoms with Crippen molar-refractivity contribution in [2.24, 2.45) is 5.73 Å². The second kappa shape index (κ2) is 5.20. The molecule has 2 N–H and O–H groups in total. The lowest BCUT2D eigenvalue weighted by molar-refractivity contribution is -0.140. The quantitative estimate of drug-likeness (QED) is 0.856. The van der Waals surface area contributed by atoms with Gasteiger partial charge in [0.25, 0.3) is 0 Å². The highest BCUT2D eigenvalue weighted by molar-refractivity contribution is 5.38. The van der Waals surface area contributed by atoms with Gasteiger partial charge in [0.15, 0.2) is 0 Å². The van der Waals surface area contributed by atoms with Crippen molar-refractivity contribution in [1.82, 2.24) is 4.98 Å². The Morgan fingerprint density at radius 1 is 1.15 bits per heavy atom. The van der Waals surface area contributed by atoms with Crippen LogP contribution in [0.4, 0.5) is 17.6 Å². The second-order valence-corrected chi connectivity index (χ2v) is 4.42. The van der Waals surface area contributed by atoms with Crippen molar-refractivity contribution in [2.45, 2.75) is 19.1 Å². The van der Waals surface area contributed by atoms with Gasteiger partial charge in [0.1, 0.15) is 5.82 Å². The van der Waals surface area contributed by atoms with Crippen LogP contribution in [0.25, 0.3) is 0 Å². The Bertz CT molecular complexity index is 623. The van der Waals surface area contributed by atoms with Gasteiger partial charge >= 0.3 is 6.18 Å². The van der Waals surface area contributed by atoms with Gasteiger partial charge in [-0.15, -0.1) is 0 Å². The number of halogens is 4. The molecule has 20 heavy (non-hydrogen) atoms. The number of nitrogens with zero attached hydrogens (tertiary/aromatic N) is 1. The maximum Gasteiger partial charge on any atom is 0.419 e. The summed E-state index contributed by atoms with van der Waals surface area (Å²) in [5.41, 5.74) is 5.60. The number of hydrogen-bond donors (Lipinski definition) is 1. The van der Waals surface area contributed by atoms with E-state index in [1.165, 1.54) is 18.5 Å². The average Bonchev–Trinajstić information content (AvgIpc) is 2.37. The summed E-state index contributed by atoms with van der Waals surface area (Å²) < 4.78 is 52.1. The lowest BCUT2D eigenvalue weighted by Gasteiger charge is -2.17. The molecule has 2 rings (SSSR count). The molecule has 0 amide bonds. The van der Waals surface area contributed by atoms with Crippen molar-refractivity contribution in [3.63, 3.8) is 0 Å². The van der Waals surface area contributed by atoms with E-state index in [9.17, 15) is 17.6 Å². The van der Waals surface area contributed by atoms with E-state index < -0.39 is 23.6 Å². The van der Waals surface area contributed by atoms with Crippen molar-refractivity contribution >= 4 is 0 Å². The molecule has 1 atom stereocenters. The van der Waals surface area contributed by atoms with E-state index in [4.69, 9.17) is 5.73 Å². The van der Waals surface area contributed by atoms with Crippen molar-refractivity contribution in [2.75, 3.05) is 0 Å². The summed E-state index contributed by atoms with van der Waals surface area (Å²) in [6.45, 7) is 1.74. The van der Waals surface area contributed by atoms with Gasteiger partial charge in [0, 0.05) is 18.0 Å². The molecule has 0 radical (unpaired) electrons. The Kier molecular flexibility index (Phi) is 3.76. The van der Waals surface area contributed by atoms with Crippen molar-refractivity contribution in [1.29, 1.82) is 0 Å². The second-order valence-electron chi connectivity index (χ2n) is 4.42. The number of aryl methyl sites for hydroxylation is 1. The molecule has 1 aromatic heterocycles. The van der Waals surface area contributed by atoms with Gasteiger partial charge in [-0.2, -0.15) is 13.2 Å². The van der Waals surface area contributed by atoms with Gasteiger partial charge in [-0.1, -0.05) is 12.1 Å². The molecule has 0 bridgehead atoms. The van der Waals surface area contributed by atoms with Crippen molar-refractivity contribution in [3.05, 3.63) is 64.7 Å². The molecule has 0 saturated carbocycles. The zero-order valence-corrected chi connectivity index (χ0v) is 10.6. The molecule has 1 aromatic carbocycles. The summed E-state index contributed by atoms with van der Waals surface area (Å²) in [7, 11) is 0. The van der Waals surface area contributed by atoms with Gasteiger partial charge < -0.3 is 5.73 Å². The van der Waals surface area contributed by atoms with Crippen LogP contribution in [0.2, 0.25) is 0 Å². The zero-order chi connectivity index (χ0) is 14.9. The summed E-state index contributed by atoms with van der Waals surface area (Å²) in [6.07, 6.45) is -1.78. The van der Waals surface area contributed by atoms with Crippen LogP contribution in [-0.4, -0.2) is 4.98 Å². The van der Waals surface area contributed by atoms with Crippen LogP contribution >= 0.6 is 0 Å². The van der Waals surface area contributed by atoms with Crippen molar-refractivity contribution in [3.8, 4) is 0 Å². The lowest BCUT2D eigenvalue weighted by Crippen LogP contribution is -2.18. The monoisotopic (exact) mass is 284 g/mol. The Balaban J connectivity index is 2.52. The summed E-state index contributed by atoms with van der Waals surface area (Å²) in [5.74, 6) is -1.34. The highest BCUT2D eigenvalue weighted by Crippen LogP contribution is 2.34. The maximum atomic E-state index is 14.0. The van der Waals surface area contributed by atoms with E-state index in [2.05, 4.69) is 4.98 Å². The average molecular weight is 284 g/mol. The Hall–Kier alpha value is -1.95. The molecule has 0 aliphatic heterocycles. The molecule has 106 valence electrons. The third kappa shape index (κ3) is 2.65. The van der Waals surface area contributed by atoms with Crippen molar-refractivity contribution < 1.29 is 17.6 Å². The van der Waals surface area contributed by atoms with Gasteiger partial charge in [-0.05, 0) is 30.2 Å². The Morgan fingerprint density at radius 3 is 2.45 bits per heavy atom. The predicted octanol–water partition coefficient (Wildman–Crippen LogP) is 3.60. The summed E-state index contributed by atoms with van der Waals surface area (Å²) in [4.78, 5) is 3.87. The molecular formula is C14H12F4N2. The van der Waals surface area contributed by atoms with Crippen LogP contribution in [0.1, 0.15) is 28.3 Å². The predicted molar refractivity (Wildman–Crippen MR) is 66.4 cm³/mol. The van der Waals surface area contributed by atoms with E-state index in [1.54, 1.807) is 13.0 Å². The molecule has 2 aromatic rings. The minimum absolute atomic E-state index is 0.198. The highest BCUT2D eigenvalue weighted by atomic mass is 19.4. The molecule has 0 fully saturated rings. The standard InChI is InChI=1S/C14H12F4N2/c1-8-5-6-20-7-10(8)13(19)9-3-2-4-11(12(9)15)14(16,17)18/h2-7,13H,19H2,1H3. The first-order valence-electron chi connectivity index (χ1n) is 5.84. The lowest BCUT2D eigenvalue weighted by atomic mass is 9.95. The third-order valence-electron chi connectivity index (χ3n) is 3.08. The molecular weight excluding hydrogens is 272 g/mol. The van der Waals surface area contributed by atoms with E-state index in [-0.39, 0.29) is 5.56 Å². The molecule has 0 saturated heterocycles. The van der Waals surface area contributed by atoms with E-state index in [1.807, 2.05) is 0 Å². The Labute approximate surface area is 113 Å². The number of alkyl halides is 3. The first-order chi connectivity index (χ1) is 9.32. The minimum atomic E-state index is -4.75. The van der Waals surface area contributed by atoms with Crippen LogP contribution in [-0.2, 0) is 6.18 Å². The summed E-state index contributed by atoms with van der Waals surface area (Å²) >= 11 is 0. The fourth-order valence-electron chi connectivity index (χ4n) is 1.98. The number of pyridine rings is 1. The largest absolute Gasteiger partial charge is 0.419 e. The SMILES string of the molecule is Cc1ccncc1C(N)c1cccc(C(F)(F)F)c1F. The minimum Gasteiger partial charge on any atom is -0.320 e. The first-order valence-corrected chi connectivity index (χ1v) is 5.84. The first kappa shape index (κ1) is 14.5. The molecule has 0 aliphatic rings. The van der Waals surface area contributed by atoms with E-state index in [0.717, 1.165) is 11.6 Å². The maximum absolute atomic E-state index is 14.0. The normalized spacial score (nSPS) is 13.3. The fraction of sp³-hybridized carbons (Fsp3) is 0.214. The Morgan fingerprint density at radius 2 is 1.85 bits per heavy atom. The zero-order valence-electron chi connectivity index (χ0n) is 10.6. The smallest absolute Gasteiger partial charge is 0.320 e. The van der Waals surface area contributed by atoms with Gasteiger partial charge in [0.2, 0.25) is 0 Å². The highest BCUT2D eigenvalue weighted by Gasteiger charge is 2.35. The number of rotatable bonds is 2. The summed E-state index contributed by atoms with van der Waals surface area (Å²) in [6, 6.07) is 3.77. The van der Waals surface area contributed by atoms with Gasteiger partial charge in [0.05, 0.1) is 11.6 Å². The van der Waals surface area contributed by atoms with Crippen LogP contribution in [0.3, 0.4) is 0 Å². The molecule has 6 heteroatoms. The van der Waals surface area contributed by atoms with E-state index >= 15 is 0 Å². The number of benzene rings is 1. The topological polar surface area (TPSA) is 38.9 Å². The molecule has 2 nitrogen and oxygen atoms in total.